The first-order valence-corrected chi connectivity index (χ1v) is 9.51. The molecular formula is C18H14BrClN2O2S. The first-order valence-electron chi connectivity index (χ1n) is 7.40. The van der Waals surface area contributed by atoms with E-state index in [1.54, 1.807) is 35.8 Å². The van der Waals surface area contributed by atoms with Gasteiger partial charge in [-0.15, -0.1) is 11.3 Å². The van der Waals surface area contributed by atoms with Crippen LogP contribution in [-0.4, -0.2) is 10.9 Å². The number of nitrogens with one attached hydrogen (secondary N) is 1. The van der Waals surface area contributed by atoms with E-state index in [-0.39, 0.29) is 5.91 Å². The van der Waals surface area contributed by atoms with Crippen LogP contribution < -0.4 is 10.1 Å². The summed E-state index contributed by atoms with van der Waals surface area (Å²) in [6.45, 7) is 2.30. The van der Waals surface area contributed by atoms with Crippen LogP contribution in [0.15, 0.2) is 51.8 Å². The molecule has 0 fully saturated rings. The van der Waals surface area contributed by atoms with Gasteiger partial charge >= 0.3 is 0 Å². The summed E-state index contributed by atoms with van der Waals surface area (Å²) in [6.07, 6.45) is 0. The van der Waals surface area contributed by atoms with E-state index in [4.69, 9.17) is 16.3 Å². The molecule has 0 aliphatic heterocycles. The molecule has 4 nitrogen and oxygen atoms in total. The van der Waals surface area contributed by atoms with E-state index in [2.05, 4.69) is 26.2 Å². The van der Waals surface area contributed by atoms with Crippen LogP contribution in [0.4, 0.5) is 5.69 Å². The maximum absolute atomic E-state index is 12.4. The zero-order valence-electron chi connectivity index (χ0n) is 13.3. The lowest BCUT2D eigenvalue weighted by Crippen LogP contribution is -2.13. The topological polar surface area (TPSA) is 51.2 Å². The van der Waals surface area contributed by atoms with E-state index in [1.807, 2.05) is 18.4 Å². The molecule has 25 heavy (non-hydrogen) atoms. The van der Waals surface area contributed by atoms with Gasteiger partial charge in [-0.25, -0.2) is 4.98 Å². The Hall–Kier alpha value is -1.89. The molecule has 128 valence electrons. The van der Waals surface area contributed by atoms with Crippen molar-refractivity contribution >= 4 is 50.5 Å². The Balaban J connectivity index is 1.66. The second-order valence-corrected chi connectivity index (χ2v) is 7.37. The van der Waals surface area contributed by atoms with Gasteiger partial charge in [0.15, 0.2) is 0 Å². The number of carbonyl (C=O) groups excluding carboxylic acids is 1. The number of hydrogen-bond acceptors (Lipinski definition) is 4. The van der Waals surface area contributed by atoms with E-state index in [0.717, 1.165) is 15.7 Å². The molecule has 3 aromatic rings. The van der Waals surface area contributed by atoms with E-state index in [9.17, 15) is 4.79 Å². The summed E-state index contributed by atoms with van der Waals surface area (Å²) < 4.78 is 6.51. The summed E-state index contributed by atoms with van der Waals surface area (Å²) in [5, 5.41) is 5.28. The lowest BCUT2D eigenvalue weighted by molar-refractivity contribution is 0.102. The van der Waals surface area contributed by atoms with E-state index in [1.165, 1.54) is 11.3 Å². The van der Waals surface area contributed by atoms with Crippen molar-refractivity contribution in [1.29, 1.82) is 0 Å². The average Bonchev–Trinajstić information content (AvgIpc) is 3.10. The summed E-state index contributed by atoms with van der Waals surface area (Å²) in [7, 11) is 0. The maximum atomic E-state index is 12.4. The molecule has 1 amide bonds. The molecule has 2 aromatic carbocycles. The number of amides is 1. The highest BCUT2D eigenvalue weighted by Crippen LogP contribution is 2.30. The van der Waals surface area contributed by atoms with Crippen molar-refractivity contribution < 1.29 is 9.53 Å². The third-order valence-electron chi connectivity index (χ3n) is 3.48. The summed E-state index contributed by atoms with van der Waals surface area (Å²) in [5.41, 5.74) is 4.67. The number of rotatable bonds is 5. The largest absolute Gasteiger partial charge is 0.487 e. The molecule has 0 spiro atoms. The highest BCUT2D eigenvalue weighted by Gasteiger charge is 2.12. The molecule has 1 N–H and O–H groups in total. The molecular weight excluding hydrogens is 424 g/mol. The Kier molecular flexibility index (Phi) is 5.73. The number of hydrogen-bond donors (Lipinski definition) is 1. The molecule has 0 unspecified atom stereocenters. The van der Waals surface area contributed by atoms with Gasteiger partial charge in [-0.1, -0.05) is 27.5 Å². The number of anilines is 1. The molecule has 0 aliphatic carbocycles. The number of aromatic nitrogens is 1. The van der Waals surface area contributed by atoms with Crippen LogP contribution >= 0.6 is 38.9 Å². The monoisotopic (exact) mass is 436 g/mol. The minimum absolute atomic E-state index is 0.224. The zero-order valence-corrected chi connectivity index (χ0v) is 16.4. The van der Waals surface area contributed by atoms with E-state index in [0.29, 0.717) is 28.6 Å². The Bertz CT molecular complexity index is 860. The second kappa shape index (κ2) is 7.99. The van der Waals surface area contributed by atoms with Gasteiger partial charge in [0.05, 0.1) is 21.9 Å². The van der Waals surface area contributed by atoms with Gasteiger partial charge in [0, 0.05) is 15.4 Å². The maximum Gasteiger partial charge on any atom is 0.255 e. The van der Waals surface area contributed by atoms with Gasteiger partial charge in [-0.2, -0.15) is 0 Å². The van der Waals surface area contributed by atoms with Gasteiger partial charge in [0.1, 0.15) is 12.4 Å². The SMILES string of the molecule is Cc1cc(Br)cc(Cl)c1NC(=O)c1ccc(OCc2cscn2)cc1. The number of nitrogens with zero attached hydrogens (tertiary/aromatic N) is 1. The second-order valence-electron chi connectivity index (χ2n) is 5.33. The fourth-order valence-corrected chi connectivity index (χ4v) is 3.78. The van der Waals surface area contributed by atoms with Crippen molar-refractivity contribution in [3.63, 3.8) is 0 Å². The number of halogens is 2. The molecule has 0 bridgehead atoms. The molecule has 0 radical (unpaired) electrons. The molecule has 1 heterocycles. The average molecular weight is 438 g/mol. The fraction of sp³-hybridized carbons (Fsp3) is 0.111. The van der Waals surface area contributed by atoms with Crippen molar-refractivity contribution in [1.82, 2.24) is 4.98 Å². The van der Waals surface area contributed by atoms with Gasteiger partial charge in [0.2, 0.25) is 0 Å². The van der Waals surface area contributed by atoms with Crippen molar-refractivity contribution in [3.05, 3.63) is 73.6 Å². The molecule has 0 atom stereocenters. The molecule has 0 aliphatic rings. The lowest BCUT2D eigenvalue weighted by Gasteiger charge is -2.11. The lowest BCUT2D eigenvalue weighted by atomic mass is 10.1. The molecule has 0 saturated carbocycles. The minimum atomic E-state index is -0.224. The van der Waals surface area contributed by atoms with Crippen LogP contribution in [-0.2, 0) is 6.61 Å². The Morgan fingerprint density at radius 3 is 2.72 bits per heavy atom. The van der Waals surface area contributed by atoms with Crippen LogP contribution in [0.3, 0.4) is 0 Å². The third kappa shape index (κ3) is 4.60. The highest BCUT2D eigenvalue weighted by atomic mass is 79.9. The first kappa shape index (κ1) is 17.9. The summed E-state index contributed by atoms with van der Waals surface area (Å²) in [6, 6.07) is 10.6. The summed E-state index contributed by atoms with van der Waals surface area (Å²) in [4.78, 5) is 16.6. The Morgan fingerprint density at radius 2 is 2.08 bits per heavy atom. The highest BCUT2D eigenvalue weighted by molar-refractivity contribution is 9.10. The number of ether oxygens (including phenoxy) is 1. The Morgan fingerprint density at radius 1 is 1.32 bits per heavy atom. The van der Waals surface area contributed by atoms with Gasteiger partial charge < -0.3 is 10.1 Å². The van der Waals surface area contributed by atoms with Crippen molar-refractivity contribution in [2.45, 2.75) is 13.5 Å². The minimum Gasteiger partial charge on any atom is -0.487 e. The predicted octanol–water partition coefficient (Wildman–Crippen LogP) is 5.70. The van der Waals surface area contributed by atoms with Crippen LogP contribution in [0.25, 0.3) is 0 Å². The van der Waals surface area contributed by atoms with Crippen molar-refractivity contribution in [2.75, 3.05) is 5.32 Å². The quantitative estimate of drug-likeness (QED) is 0.557. The normalized spacial score (nSPS) is 10.5. The third-order valence-corrected chi connectivity index (χ3v) is 4.87. The van der Waals surface area contributed by atoms with E-state index >= 15 is 0 Å². The van der Waals surface area contributed by atoms with Crippen LogP contribution in [0, 0.1) is 6.92 Å². The van der Waals surface area contributed by atoms with E-state index < -0.39 is 0 Å². The fourth-order valence-electron chi connectivity index (χ4n) is 2.21. The van der Waals surface area contributed by atoms with Crippen LogP contribution in [0.5, 0.6) is 5.75 Å². The summed E-state index contributed by atoms with van der Waals surface area (Å²) >= 11 is 11.1. The molecule has 7 heteroatoms. The Labute approximate surface area is 162 Å². The van der Waals surface area contributed by atoms with Crippen molar-refractivity contribution in [2.24, 2.45) is 0 Å². The number of aryl methyl sites for hydroxylation is 1. The number of benzene rings is 2. The zero-order chi connectivity index (χ0) is 17.8. The predicted molar refractivity (Wildman–Crippen MR) is 105 cm³/mol. The van der Waals surface area contributed by atoms with Gasteiger partial charge in [-0.3, -0.25) is 4.79 Å². The van der Waals surface area contributed by atoms with Crippen molar-refractivity contribution in [3.8, 4) is 5.75 Å². The van der Waals surface area contributed by atoms with Crippen LogP contribution in [0.1, 0.15) is 21.6 Å². The smallest absolute Gasteiger partial charge is 0.255 e. The summed E-state index contributed by atoms with van der Waals surface area (Å²) in [5.74, 6) is 0.459. The molecule has 0 saturated heterocycles. The standard InChI is InChI=1S/C18H14BrClN2O2S/c1-11-6-13(19)7-16(20)17(11)22-18(23)12-2-4-15(5-3-12)24-8-14-9-25-10-21-14/h2-7,9-10H,8H2,1H3,(H,22,23). The molecule has 3 rings (SSSR count). The number of carbonyl (C=O) groups is 1. The molecule has 1 aromatic heterocycles. The van der Waals surface area contributed by atoms with Gasteiger partial charge in [-0.05, 0) is 48.9 Å². The van der Waals surface area contributed by atoms with Crippen LogP contribution in [0.2, 0.25) is 5.02 Å². The number of thiazole rings is 1. The first-order chi connectivity index (χ1) is 12.0. The van der Waals surface area contributed by atoms with Gasteiger partial charge in [0.25, 0.3) is 5.91 Å².